The van der Waals surface area contributed by atoms with Gasteiger partial charge in [0.15, 0.2) is 0 Å². The monoisotopic (exact) mass is 256 g/mol. The molecule has 2 nitrogen and oxygen atoms in total. The number of halogens is 1. The number of anilines is 2. The van der Waals surface area contributed by atoms with E-state index < -0.39 is 0 Å². The Hall–Kier alpha value is -2.03. The normalized spacial score (nSPS) is 12.9. The van der Waals surface area contributed by atoms with Crippen molar-refractivity contribution >= 4 is 11.4 Å². The summed E-state index contributed by atoms with van der Waals surface area (Å²) in [5, 5.41) is 6.61. The molecule has 98 valence electrons. The lowest BCUT2D eigenvalue weighted by atomic mass is 10.1. The Morgan fingerprint density at radius 2 is 2.05 bits per heavy atom. The molecule has 3 heteroatoms. The van der Waals surface area contributed by atoms with E-state index in [4.69, 9.17) is 0 Å². The average molecular weight is 256 g/mol. The molecule has 0 amide bonds. The Bertz CT molecular complexity index is 587. The number of hydrogen-bond acceptors (Lipinski definition) is 2. The van der Waals surface area contributed by atoms with Crippen molar-refractivity contribution in [2.45, 2.75) is 19.9 Å². The molecule has 0 atom stereocenters. The smallest absolute Gasteiger partial charge is 0.146 e. The second-order valence-electron chi connectivity index (χ2n) is 4.91. The van der Waals surface area contributed by atoms with Crippen molar-refractivity contribution in [1.29, 1.82) is 0 Å². The Morgan fingerprint density at radius 3 is 2.89 bits per heavy atom. The molecule has 0 spiro atoms. The highest BCUT2D eigenvalue weighted by molar-refractivity contribution is 5.62. The van der Waals surface area contributed by atoms with E-state index in [-0.39, 0.29) is 5.82 Å². The van der Waals surface area contributed by atoms with Crippen molar-refractivity contribution in [3.05, 3.63) is 58.9 Å². The predicted molar refractivity (Wildman–Crippen MR) is 77.1 cm³/mol. The van der Waals surface area contributed by atoms with Gasteiger partial charge in [-0.25, -0.2) is 4.39 Å². The quantitative estimate of drug-likeness (QED) is 0.874. The summed E-state index contributed by atoms with van der Waals surface area (Å²) in [4.78, 5) is 0. The molecule has 0 fully saturated rings. The van der Waals surface area contributed by atoms with Gasteiger partial charge in [0, 0.05) is 18.8 Å². The Kier molecular flexibility index (Phi) is 3.11. The van der Waals surface area contributed by atoms with Crippen LogP contribution in [0.3, 0.4) is 0 Å². The van der Waals surface area contributed by atoms with E-state index in [9.17, 15) is 4.39 Å². The fraction of sp³-hybridized carbons (Fsp3) is 0.250. The maximum Gasteiger partial charge on any atom is 0.146 e. The molecule has 0 radical (unpaired) electrons. The summed E-state index contributed by atoms with van der Waals surface area (Å²) in [5.74, 6) is -0.194. The van der Waals surface area contributed by atoms with E-state index in [1.165, 1.54) is 22.9 Å². The minimum absolute atomic E-state index is 0.194. The van der Waals surface area contributed by atoms with Crippen LogP contribution in [-0.2, 0) is 13.0 Å². The van der Waals surface area contributed by atoms with Crippen molar-refractivity contribution in [2.24, 2.45) is 0 Å². The molecule has 3 rings (SSSR count). The van der Waals surface area contributed by atoms with Crippen LogP contribution in [0.2, 0.25) is 0 Å². The lowest BCUT2D eigenvalue weighted by molar-refractivity contribution is 0.629. The van der Waals surface area contributed by atoms with Crippen LogP contribution in [0.25, 0.3) is 0 Å². The van der Waals surface area contributed by atoms with E-state index in [0.29, 0.717) is 12.2 Å². The second kappa shape index (κ2) is 4.92. The molecule has 0 unspecified atom stereocenters. The summed E-state index contributed by atoms with van der Waals surface area (Å²) in [6.07, 6.45) is 1.07. The van der Waals surface area contributed by atoms with Gasteiger partial charge in [-0.15, -0.1) is 0 Å². The fourth-order valence-corrected chi connectivity index (χ4v) is 2.60. The van der Waals surface area contributed by atoms with Crippen molar-refractivity contribution < 1.29 is 4.39 Å². The Labute approximate surface area is 112 Å². The van der Waals surface area contributed by atoms with Crippen molar-refractivity contribution in [3.8, 4) is 0 Å². The van der Waals surface area contributed by atoms with Crippen LogP contribution in [0.4, 0.5) is 15.8 Å². The van der Waals surface area contributed by atoms with Crippen LogP contribution in [0.15, 0.2) is 36.4 Å². The molecule has 0 aromatic heterocycles. The predicted octanol–water partition coefficient (Wildman–Crippen LogP) is 3.71. The minimum atomic E-state index is -0.194. The molecule has 1 heterocycles. The zero-order valence-corrected chi connectivity index (χ0v) is 11.0. The number of hydrogen-bond donors (Lipinski definition) is 2. The molecule has 0 saturated heterocycles. The van der Waals surface area contributed by atoms with E-state index in [0.717, 1.165) is 18.5 Å². The molecule has 1 aliphatic rings. The first-order chi connectivity index (χ1) is 9.25. The summed E-state index contributed by atoms with van der Waals surface area (Å²) in [7, 11) is 0. The Balaban J connectivity index is 1.82. The van der Waals surface area contributed by atoms with Gasteiger partial charge in [-0.3, -0.25) is 0 Å². The van der Waals surface area contributed by atoms with Gasteiger partial charge in [0.05, 0.1) is 5.69 Å². The molecule has 0 aliphatic carbocycles. The molecule has 0 saturated carbocycles. The van der Waals surface area contributed by atoms with Crippen molar-refractivity contribution in [2.75, 3.05) is 17.2 Å². The maximum atomic E-state index is 13.7. The SMILES string of the molecule is Cc1cccc(F)c1NCc1cccc2c1NCC2. The van der Waals surface area contributed by atoms with Crippen LogP contribution in [0.1, 0.15) is 16.7 Å². The van der Waals surface area contributed by atoms with E-state index in [1.54, 1.807) is 6.07 Å². The summed E-state index contributed by atoms with van der Waals surface area (Å²) >= 11 is 0. The highest BCUT2D eigenvalue weighted by Crippen LogP contribution is 2.27. The van der Waals surface area contributed by atoms with Gasteiger partial charge < -0.3 is 10.6 Å². The topological polar surface area (TPSA) is 24.1 Å². The number of nitrogens with one attached hydrogen (secondary N) is 2. The fourth-order valence-electron chi connectivity index (χ4n) is 2.60. The zero-order valence-electron chi connectivity index (χ0n) is 11.0. The third-order valence-corrected chi connectivity index (χ3v) is 3.61. The van der Waals surface area contributed by atoms with Gasteiger partial charge in [-0.05, 0) is 36.1 Å². The van der Waals surface area contributed by atoms with Crippen LogP contribution >= 0.6 is 0 Å². The van der Waals surface area contributed by atoms with E-state index in [1.807, 2.05) is 13.0 Å². The van der Waals surface area contributed by atoms with Crippen LogP contribution in [0, 0.1) is 12.7 Å². The first kappa shape index (κ1) is 12.0. The molecule has 1 aliphatic heterocycles. The molecular formula is C16H17FN2. The minimum Gasteiger partial charge on any atom is -0.384 e. The van der Waals surface area contributed by atoms with Gasteiger partial charge in [0.1, 0.15) is 5.82 Å². The number of para-hydroxylation sites is 2. The van der Waals surface area contributed by atoms with E-state index >= 15 is 0 Å². The number of aryl methyl sites for hydroxylation is 1. The lowest BCUT2D eigenvalue weighted by Crippen LogP contribution is -2.05. The molecular weight excluding hydrogens is 239 g/mol. The number of rotatable bonds is 3. The molecule has 19 heavy (non-hydrogen) atoms. The first-order valence-corrected chi connectivity index (χ1v) is 6.59. The second-order valence-corrected chi connectivity index (χ2v) is 4.91. The molecule has 0 bridgehead atoms. The molecule has 2 N–H and O–H groups in total. The number of benzene rings is 2. The lowest BCUT2D eigenvalue weighted by Gasteiger charge is -2.13. The van der Waals surface area contributed by atoms with Gasteiger partial charge in [-0.1, -0.05) is 30.3 Å². The Morgan fingerprint density at radius 1 is 1.21 bits per heavy atom. The van der Waals surface area contributed by atoms with Gasteiger partial charge in [-0.2, -0.15) is 0 Å². The third kappa shape index (κ3) is 2.28. The van der Waals surface area contributed by atoms with Gasteiger partial charge >= 0.3 is 0 Å². The van der Waals surface area contributed by atoms with Gasteiger partial charge in [0.25, 0.3) is 0 Å². The van der Waals surface area contributed by atoms with Crippen LogP contribution < -0.4 is 10.6 Å². The van der Waals surface area contributed by atoms with Crippen LogP contribution in [-0.4, -0.2) is 6.54 Å². The van der Waals surface area contributed by atoms with Crippen molar-refractivity contribution in [3.63, 3.8) is 0 Å². The maximum absolute atomic E-state index is 13.7. The highest BCUT2D eigenvalue weighted by atomic mass is 19.1. The molecule has 2 aromatic rings. The highest BCUT2D eigenvalue weighted by Gasteiger charge is 2.13. The van der Waals surface area contributed by atoms with Crippen LogP contribution in [0.5, 0.6) is 0 Å². The summed E-state index contributed by atoms with van der Waals surface area (Å²) < 4.78 is 13.7. The number of fused-ring (bicyclic) bond motifs is 1. The zero-order chi connectivity index (χ0) is 13.2. The standard InChI is InChI=1S/C16H17FN2/c1-11-4-2-7-14(17)15(11)19-10-13-6-3-5-12-8-9-18-16(12)13/h2-7,18-19H,8-10H2,1H3. The van der Waals surface area contributed by atoms with E-state index in [2.05, 4.69) is 28.8 Å². The summed E-state index contributed by atoms with van der Waals surface area (Å²) in [6.45, 7) is 3.54. The largest absolute Gasteiger partial charge is 0.384 e. The summed E-state index contributed by atoms with van der Waals surface area (Å²) in [5.41, 5.74) is 5.28. The third-order valence-electron chi connectivity index (χ3n) is 3.61. The van der Waals surface area contributed by atoms with Crippen molar-refractivity contribution in [1.82, 2.24) is 0 Å². The summed E-state index contributed by atoms with van der Waals surface area (Å²) in [6, 6.07) is 11.4. The van der Waals surface area contributed by atoms with Gasteiger partial charge in [0.2, 0.25) is 0 Å². The average Bonchev–Trinajstić information content (AvgIpc) is 2.87. The molecule has 2 aromatic carbocycles. The first-order valence-electron chi connectivity index (χ1n) is 6.59.